The standard InChI is InChI=1S/C15H22N2O2/c1-11(15(18)16-2)17(13-6-7-13)10-12-4-8-14(19-3)9-5-12/h4-5,8-9,11,13H,6-7,10H2,1-3H3,(H,16,18)/t11-/m0/s1. The lowest BCUT2D eigenvalue weighted by molar-refractivity contribution is -0.125. The molecule has 0 spiro atoms. The molecule has 1 atom stereocenters. The number of likely N-dealkylation sites (N-methyl/N-ethyl adjacent to an activating group) is 1. The molecule has 0 bridgehead atoms. The van der Waals surface area contributed by atoms with Gasteiger partial charge in [-0.3, -0.25) is 9.69 Å². The summed E-state index contributed by atoms with van der Waals surface area (Å²) in [5.41, 5.74) is 1.21. The van der Waals surface area contributed by atoms with Crippen molar-refractivity contribution in [2.75, 3.05) is 14.2 Å². The van der Waals surface area contributed by atoms with Gasteiger partial charge in [0.15, 0.2) is 0 Å². The molecular weight excluding hydrogens is 240 g/mol. The highest BCUT2D eigenvalue weighted by atomic mass is 16.5. The number of methoxy groups -OCH3 is 1. The molecule has 2 rings (SSSR count). The van der Waals surface area contributed by atoms with E-state index < -0.39 is 0 Å². The van der Waals surface area contributed by atoms with Crippen molar-refractivity contribution < 1.29 is 9.53 Å². The zero-order chi connectivity index (χ0) is 13.8. The Bertz CT molecular complexity index is 426. The summed E-state index contributed by atoms with van der Waals surface area (Å²) in [7, 11) is 3.36. The first-order valence-corrected chi connectivity index (χ1v) is 6.76. The maximum atomic E-state index is 11.8. The van der Waals surface area contributed by atoms with Gasteiger partial charge < -0.3 is 10.1 Å². The average Bonchev–Trinajstić information content (AvgIpc) is 3.28. The topological polar surface area (TPSA) is 41.6 Å². The van der Waals surface area contributed by atoms with E-state index in [0.29, 0.717) is 6.04 Å². The zero-order valence-electron chi connectivity index (χ0n) is 11.8. The van der Waals surface area contributed by atoms with E-state index in [0.717, 1.165) is 12.3 Å². The third-order valence-corrected chi connectivity index (χ3v) is 3.66. The fourth-order valence-electron chi connectivity index (χ4n) is 2.29. The summed E-state index contributed by atoms with van der Waals surface area (Å²) in [6.45, 7) is 2.78. The second kappa shape index (κ2) is 6.06. The molecule has 1 amide bonds. The molecule has 4 heteroatoms. The van der Waals surface area contributed by atoms with Crippen molar-refractivity contribution in [3.63, 3.8) is 0 Å². The van der Waals surface area contributed by atoms with E-state index in [2.05, 4.69) is 22.3 Å². The normalized spacial score (nSPS) is 16.2. The molecule has 0 aliphatic heterocycles. The molecule has 1 aliphatic carbocycles. The Hall–Kier alpha value is -1.55. The summed E-state index contributed by atoms with van der Waals surface area (Å²) in [5.74, 6) is 0.946. The third kappa shape index (κ3) is 3.47. The summed E-state index contributed by atoms with van der Waals surface area (Å²) in [6.07, 6.45) is 2.38. The van der Waals surface area contributed by atoms with Gasteiger partial charge in [0.05, 0.1) is 13.2 Å². The van der Waals surface area contributed by atoms with Gasteiger partial charge in [0, 0.05) is 19.6 Å². The van der Waals surface area contributed by atoms with Crippen LogP contribution in [-0.4, -0.2) is 37.0 Å². The molecule has 1 saturated carbocycles. The van der Waals surface area contributed by atoms with Crippen LogP contribution in [0, 0.1) is 0 Å². The average molecular weight is 262 g/mol. The highest BCUT2D eigenvalue weighted by Gasteiger charge is 2.34. The SMILES string of the molecule is CNC(=O)[C@H](C)N(Cc1ccc(OC)cc1)C1CC1. The van der Waals surface area contributed by atoms with E-state index >= 15 is 0 Å². The van der Waals surface area contributed by atoms with Gasteiger partial charge in [0.25, 0.3) is 0 Å². The summed E-state index contributed by atoms with van der Waals surface area (Å²) in [5, 5.41) is 2.73. The van der Waals surface area contributed by atoms with Gasteiger partial charge in [-0.1, -0.05) is 12.1 Å². The Morgan fingerprint density at radius 3 is 2.53 bits per heavy atom. The fraction of sp³-hybridized carbons (Fsp3) is 0.533. The maximum Gasteiger partial charge on any atom is 0.236 e. The molecule has 0 heterocycles. The van der Waals surface area contributed by atoms with E-state index in [-0.39, 0.29) is 11.9 Å². The molecule has 1 aromatic carbocycles. The van der Waals surface area contributed by atoms with Gasteiger partial charge in [0.1, 0.15) is 5.75 Å². The first kappa shape index (κ1) is 13.9. The van der Waals surface area contributed by atoms with Gasteiger partial charge in [-0.15, -0.1) is 0 Å². The number of amides is 1. The number of rotatable bonds is 6. The summed E-state index contributed by atoms with van der Waals surface area (Å²) in [4.78, 5) is 14.1. The zero-order valence-corrected chi connectivity index (χ0v) is 11.8. The molecule has 1 fully saturated rings. The highest BCUT2D eigenvalue weighted by Crippen LogP contribution is 2.30. The molecule has 104 valence electrons. The Labute approximate surface area is 114 Å². The number of nitrogens with one attached hydrogen (secondary N) is 1. The van der Waals surface area contributed by atoms with E-state index in [9.17, 15) is 4.79 Å². The Balaban J connectivity index is 2.05. The van der Waals surface area contributed by atoms with Crippen LogP contribution in [0.25, 0.3) is 0 Å². The van der Waals surface area contributed by atoms with Crippen molar-refractivity contribution in [1.82, 2.24) is 10.2 Å². The van der Waals surface area contributed by atoms with Crippen molar-refractivity contribution in [1.29, 1.82) is 0 Å². The van der Waals surface area contributed by atoms with Crippen LogP contribution in [0.1, 0.15) is 25.3 Å². The third-order valence-electron chi connectivity index (χ3n) is 3.66. The smallest absolute Gasteiger partial charge is 0.236 e. The lowest BCUT2D eigenvalue weighted by Gasteiger charge is -2.27. The summed E-state index contributed by atoms with van der Waals surface area (Å²) < 4.78 is 5.16. The lowest BCUT2D eigenvalue weighted by atomic mass is 10.1. The fourth-order valence-corrected chi connectivity index (χ4v) is 2.29. The van der Waals surface area contributed by atoms with Gasteiger partial charge in [-0.25, -0.2) is 0 Å². The molecule has 19 heavy (non-hydrogen) atoms. The Morgan fingerprint density at radius 1 is 1.42 bits per heavy atom. The van der Waals surface area contributed by atoms with Crippen LogP contribution in [-0.2, 0) is 11.3 Å². The number of ether oxygens (including phenoxy) is 1. The molecule has 0 saturated heterocycles. The largest absolute Gasteiger partial charge is 0.497 e. The number of carbonyl (C=O) groups is 1. The van der Waals surface area contributed by atoms with E-state index in [1.54, 1.807) is 14.2 Å². The molecular formula is C15H22N2O2. The predicted octanol–water partition coefficient (Wildman–Crippen LogP) is 1.79. The molecule has 1 aliphatic rings. The molecule has 1 N–H and O–H groups in total. The van der Waals surface area contributed by atoms with Gasteiger partial charge >= 0.3 is 0 Å². The van der Waals surface area contributed by atoms with Crippen molar-refractivity contribution >= 4 is 5.91 Å². The van der Waals surface area contributed by atoms with Gasteiger partial charge in [-0.2, -0.15) is 0 Å². The second-order valence-electron chi connectivity index (χ2n) is 5.04. The van der Waals surface area contributed by atoms with Crippen molar-refractivity contribution in [2.45, 2.75) is 38.4 Å². The van der Waals surface area contributed by atoms with Crippen LogP contribution in [0.4, 0.5) is 0 Å². The van der Waals surface area contributed by atoms with Gasteiger partial charge in [0.2, 0.25) is 5.91 Å². The minimum atomic E-state index is -0.0837. The molecule has 0 unspecified atom stereocenters. The number of hydrogen-bond donors (Lipinski definition) is 1. The van der Waals surface area contributed by atoms with Crippen LogP contribution in [0.3, 0.4) is 0 Å². The molecule has 4 nitrogen and oxygen atoms in total. The number of benzene rings is 1. The van der Waals surface area contributed by atoms with Crippen molar-refractivity contribution in [3.05, 3.63) is 29.8 Å². The number of nitrogens with zero attached hydrogens (tertiary/aromatic N) is 1. The van der Waals surface area contributed by atoms with Gasteiger partial charge in [-0.05, 0) is 37.5 Å². The lowest BCUT2D eigenvalue weighted by Crippen LogP contribution is -2.44. The first-order chi connectivity index (χ1) is 9.15. The minimum absolute atomic E-state index is 0.0837. The van der Waals surface area contributed by atoms with Crippen molar-refractivity contribution in [2.24, 2.45) is 0 Å². The Kier molecular flexibility index (Phi) is 4.43. The van der Waals surface area contributed by atoms with E-state index in [1.165, 1.54) is 18.4 Å². The van der Waals surface area contributed by atoms with E-state index in [1.807, 2.05) is 19.1 Å². The molecule has 1 aromatic rings. The predicted molar refractivity (Wildman–Crippen MR) is 75.1 cm³/mol. The molecule has 0 aromatic heterocycles. The number of hydrogen-bond acceptors (Lipinski definition) is 3. The quantitative estimate of drug-likeness (QED) is 0.850. The summed E-state index contributed by atoms with van der Waals surface area (Å²) in [6, 6.07) is 8.51. The second-order valence-corrected chi connectivity index (χ2v) is 5.04. The molecule has 0 radical (unpaired) electrons. The van der Waals surface area contributed by atoms with Crippen LogP contribution >= 0.6 is 0 Å². The minimum Gasteiger partial charge on any atom is -0.497 e. The van der Waals surface area contributed by atoms with E-state index in [4.69, 9.17) is 4.74 Å². The van der Waals surface area contributed by atoms with Crippen LogP contribution in [0.5, 0.6) is 5.75 Å². The summed E-state index contributed by atoms with van der Waals surface area (Å²) >= 11 is 0. The van der Waals surface area contributed by atoms with Crippen LogP contribution in [0.15, 0.2) is 24.3 Å². The Morgan fingerprint density at radius 2 is 2.05 bits per heavy atom. The monoisotopic (exact) mass is 262 g/mol. The van der Waals surface area contributed by atoms with Crippen molar-refractivity contribution in [3.8, 4) is 5.75 Å². The highest BCUT2D eigenvalue weighted by molar-refractivity contribution is 5.81. The van der Waals surface area contributed by atoms with Crippen LogP contribution in [0.2, 0.25) is 0 Å². The number of carbonyl (C=O) groups excluding carboxylic acids is 1. The van der Waals surface area contributed by atoms with Crippen LogP contribution < -0.4 is 10.1 Å². The first-order valence-electron chi connectivity index (χ1n) is 6.76. The maximum absolute atomic E-state index is 11.8.